The van der Waals surface area contributed by atoms with Gasteiger partial charge in [0.2, 0.25) is 5.52 Å². The van der Waals surface area contributed by atoms with Crippen LogP contribution < -0.4 is 4.57 Å². The van der Waals surface area contributed by atoms with Crippen LogP contribution in [0.25, 0.3) is 59.8 Å². The van der Waals surface area contributed by atoms with Crippen molar-refractivity contribution in [1.82, 2.24) is 4.40 Å². The summed E-state index contributed by atoms with van der Waals surface area (Å²) < 4.78 is 4.92. The molecule has 3 heterocycles. The first kappa shape index (κ1) is 19.8. The molecule has 0 amide bonds. The number of para-hydroxylation sites is 1. The van der Waals surface area contributed by atoms with Crippen molar-refractivity contribution in [1.29, 1.82) is 0 Å². The van der Waals surface area contributed by atoms with Crippen molar-refractivity contribution in [3.63, 3.8) is 0 Å². The van der Waals surface area contributed by atoms with E-state index in [-0.39, 0.29) is 5.41 Å². The average molecular weight is 442 g/mol. The van der Waals surface area contributed by atoms with Gasteiger partial charge in [-0.2, -0.15) is 0 Å². The van der Waals surface area contributed by atoms with Crippen LogP contribution in [0.5, 0.6) is 0 Å². The van der Waals surface area contributed by atoms with Gasteiger partial charge in [-0.05, 0) is 64.2 Å². The Hall–Kier alpha value is -3.65. The van der Waals surface area contributed by atoms with E-state index in [1.54, 1.807) is 0 Å². The molecule has 0 radical (unpaired) electrons. The topological polar surface area (TPSA) is 8.29 Å². The Morgan fingerprint density at radius 3 is 2.06 bits per heavy atom. The molecule has 7 rings (SSSR count). The predicted octanol–water partition coefficient (Wildman–Crippen LogP) is 7.88. The summed E-state index contributed by atoms with van der Waals surface area (Å²) in [5.74, 6) is 0. The van der Waals surface area contributed by atoms with Crippen LogP contribution in [-0.4, -0.2) is 4.40 Å². The number of aryl methyl sites for hydroxylation is 3. The lowest BCUT2D eigenvalue weighted by Gasteiger charge is -2.23. The van der Waals surface area contributed by atoms with Crippen molar-refractivity contribution < 1.29 is 4.57 Å². The first-order chi connectivity index (χ1) is 16.3. The highest BCUT2D eigenvalue weighted by molar-refractivity contribution is 6.29. The van der Waals surface area contributed by atoms with Gasteiger partial charge in [-0.25, -0.2) is 4.57 Å². The molecule has 2 nitrogen and oxygen atoms in total. The Morgan fingerprint density at radius 1 is 0.706 bits per heavy atom. The quantitative estimate of drug-likeness (QED) is 0.128. The van der Waals surface area contributed by atoms with Gasteiger partial charge in [0.05, 0.1) is 27.3 Å². The smallest absolute Gasteiger partial charge is 0.224 e. The van der Waals surface area contributed by atoms with Crippen molar-refractivity contribution in [3.8, 4) is 0 Å². The fraction of sp³-hybridized carbons (Fsp3) is 0.219. The summed E-state index contributed by atoms with van der Waals surface area (Å²) in [5.41, 5.74) is 9.49. The maximum Gasteiger partial charge on any atom is 0.224 e. The SMILES string of the molecule is Cc1c2ccccc2c(C)c2c1c1c3c(cc[n+]1C)cc(C(C)(C)C)c1c4ccccc4n2c13. The highest BCUT2D eigenvalue weighted by Crippen LogP contribution is 2.46. The molecule has 0 N–H and O–H groups in total. The number of pyridine rings is 2. The van der Waals surface area contributed by atoms with E-state index in [1.807, 2.05) is 0 Å². The largest absolute Gasteiger partial charge is 0.307 e. The van der Waals surface area contributed by atoms with E-state index in [0.29, 0.717) is 0 Å². The van der Waals surface area contributed by atoms with Crippen LogP contribution in [0.1, 0.15) is 37.5 Å². The molecule has 0 aliphatic heterocycles. The van der Waals surface area contributed by atoms with Gasteiger partial charge in [0, 0.05) is 16.8 Å². The van der Waals surface area contributed by atoms with Crippen molar-refractivity contribution in [3.05, 3.63) is 83.6 Å². The molecule has 166 valence electrons. The monoisotopic (exact) mass is 441 g/mol. The third-order valence-corrected chi connectivity index (χ3v) is 8.01. The minimum atomic E-state index is 0.0377. The van der Waals surface area contributed by atoms with Gasteiger partial charge in [0.25, 0.3) is 0 Å². The summed E-state index contributed by atoms with van der Waals surface area (Å²) in [4.78, 5) is 0. The fourth-order valence-electron chi connectivity index (χ4n) is 6.47. The van der Waals surface area contributed by atoms with Crippen LogP contribution in [0.3, 0.4) is 0 Å². The molecule has 0 unspecified atom stereocenters. The maximum atomic E-state index is 2.58. The fourth-order valence-corrected chi connectivity index (χ4v) is 6.47. The number of benzene rings is 4. The van der Waals surface area contributed by atoms with E-state index in [4.69, 9.17) is 0 Å². The van der Waals surface area contributed by atoms with Crippen LogP contribution in [0.4, 0.5) is 0 Å². The molecule has 0 atom stereocenters. The van der Waals surface area contributed by atoms with Crippen LogP contribution in [0.2, 0.25) is 0 Å². The average Bonchev–Trinajstić information content (AvgIpc) is 3.17. The molecule has 0 aliphatic rings. The van der Waals surface area contributed by atoms with Gasteiger partial charge in [0.1, 0.15) is 7.05 Å². The summed E-state index contributed by atoms with van der Waals surface area (Å²) in [5, 5.41) is 9.50. The molecule has 0 fully saturated rings. The molecule has 0 spiro atoms. The number of nitrogens with zero attached hydrogens (tertiary/aromatic N) is 2. The molecule has 0 saturated carbocycles. The number of fused-ring (bicyclic) bond motifs is 7. The first-order valence-corrected chi connectivity index (χ1v) is 12.2. The van der Waals surface area contributed by atoms with Crippen LogP contribution in [0.15, 0.2) is 66.9 Å². The summed E-state index contributed by atoms with van der Waals surface area (Å²) in [6, 6.07) is 22.6. The molecule has 0 aliphatic carbocycles. The molecule has 0 bridgehead atoms. The Labute approximate surface area is 199 Å². The normalized spacial score (nSPS) is 13.0. The lowest BCUT2D eigenvalue weighted by atomic mass is 9.82. The highest BCUT2D eigenvalue weighted by atomic mass is 15.0. The molecule has 7 aromatic rings. The zero-order valence-electron chi connectivity index (χ0n) is 20.7. The van der Waals surface area contributed by atoms with Gasteiger partial charge >= 0.3 is 0 Å². The number of rotatable bonds is 0. The van der Waals surface area contributed by atoms with Gasteiger partial charge in [-0.3, -0.25) is 0 Å². The third-order valence-electron chi connectivity index (χ3n) is 8.01. The first-order valence-electron chi connectivity index (χ1n) is 12.2. The summed E-state index contributed by atoms with van der Waals surface area (Å²) in [6.07, 6.45) is 2.24. The van der Waals surface area contributed by atoms with E-state index in [1.165, 1.54) is 76.5 Å². The second-order valence-electron chi connectivity index (χ2n) is 11.0. The Bertz CT molecular complexity index is 1960. The molecule has 4 aromatic carbocycles. The second kappa shape index (κ2) is 6.27. The van der Waals surface area contributed by atoms with Gasteiger partial charge in [-0.1, -0.05) is 63.2 Å². The van der Waals surface area contributed by atoms with Gasteiger partial charge < -0.3 is 4.40 Å². The molecule has 34 heavy (non-hydrogen) atoms. The molecular weight excluding hydrogens is 412 g/mol. The van der Waals surface area contributed by atoms with E-state index in [0.717, 1.165) is 0 Å². The van der Waals surface area contributed by atoms with Gasteiger partial charge in [-0.15, -0.1) is 0 Å². The Kier molecular flexibility index (Phi) is 3.65. The lowest BCUT2D eigenvalue weighted by Crippen LogP contribution is -2.29. The zero-order chi connectivity index (χ0) is 23.5. The highest BCUT2D eigenvalue weighted by Gasteiger charge is 2.29. The molecule has 2 heteroatoms. The molecule has 0 saturated heterocycles. The molecule has 3 aromatic heterocycles. The van der Waals surface area contributed by atoms with Crippen molar-refractivity contribution in [2.75, 3.05) is 0 Å². The Balaban J connectivity index is 1.99. The summed E-state index contributed by atoms with van der Waals surface area (Å²) in [7, 11) is 2.20. The van der Waals surface area contributed by atoms with Crippen LogP contribution >= 0.6 is 0 Å². The third kappa shape index (κ3) is 2.24. The molecular formula is C32H29N2+. The van der Waals surface area contributed by atoms with E-state index < -0.39 is 0 Å². The minimum absolute atomic E-state index is 0.0377. The van der Waals surface area contributed by atoms with E-state index in [2.05, 4.69) is 117 Å². The number of aromatic nitrogens is 2. The minimum Gasteiger partial charge on any atom is -0.307 e. The second-order valence-corrected chi connectivity index (χ2v) is 11.0. The maximum absolute atomic E-state index is 2.58. The van der Waals surface area contributed by atoms with Crippen molar-refractivity contribution in [2.24, 2.45) is 7.05 Å². The van der Waals surface area contributed by atoms with E-state index in [9.17, 15) is 0 Å². The number of hydrogen-bond acceptors (Lipinski definition) is 0. The summed E-state index contributed by atoms with van der Waals surface area (Å²) in [6.45, 7) is 11.6. The number of hydrogen-bond donors (Lipinski definition) is 0. The van der Waals surface area contributed by atoms with Crippen LogP contribution in [-0.2, 0) is 12.5 Å². The Morgan fingerprint density at radius 2 is 1.35 bits per heavy atom. The van der Waals surface area contributed by atoms with Crippen LogP contribution in [0, 0.1) is 13.8 Å². The zero-order valence-corrected chi connectivity index (χ0v) is 20.7. The van der Waals surface area contributed by atoms with Crippen molar-refractivity contribution in [2.45, 2.75) is 40.0 Å². The predicted molar refractivity (Wildman–Crippen MR) is 145 cm³/mol. The standard InChI is InChI=1S/C32H29N2/c1-18-21-11-7-8-12-22(21)19(2)29-26(18)30-27-20(15-16-33(30)6)17-24(32(3,4)5)28-23-13-9-10-14-25(23)34(29)31(27)28/h7-17H,1-6H3/q+1. The lowest BCUT2D eigenvalue weighted by molar-refractivity contribution is -0.643. The van der Waals surface area contributed by atoms with Crippen molar-refractivity contribution >= 4 is 59.8 Å². The van der Waals surface area contributed by atoms with E-state index >= 15 is 0 Å². The van der Waals surface area contributed by atoms with Gasteiger partial charge in [0.15, 0.2) is 6.20 Å². The summed E-state index contributed by atoms with van der Waals surface area (Å²) >= 11 is 0.